The fourth-order valence-electron chi connectivity index (χ4n) is 7.52. The van der Waals surface area contributed by atoms with Crippen LogP contribution in [0.15, 0.2) is 67.3 Å². The summed E-state index contributed by atoms with van der Waals surface area (Å²) >= 11 is 0. The van der Waals surface area contributed by atoms with Crippen LogP contribution < -0.4 is 20.1 Å². The van der Waals surface area contributed by atoms with Crippen molar-refractivity contribution in [2.24, 2.45) is 11.3 Å². The quantitative estimate of drug-likeness (QED) is 0.128. The van der Waals surface area contributed by atoms with Crippen LogP contribution in [0.4, 0.5) is 4.79 Å². The molecule has 2 aromatic carbocycles. The van der Waals surface area contributed by atoms with E-state index in [1.165, 1.54) is 11.0 Å². The summed E-state index contributed by atoms with van der Waals surface area (Å²) in [5.74, 6) is -0.538. The molecule has 2 aliphatic carbocycles. The van der Waals surface area contributed by atoms with Crippen LogP contribution in [0, 0.1) is 11.3 Å². The number of alkyl carbamates (subject to hydrolysis) is 1. The Balaban J connectivity index is 1.34. The van der Waals surface area contributed by atoms with Crippen molar-refractivity contribution in [3.63, 3.8) is 0 Å². The zero-order valence-corrected chi connectivity index (χ0v) is 32.5. The first-order valence-electron chi connectivity index (χ1n) is 18.6. The third-order valence-electron chi connectivity index (χ3n) is 10.6. The van der Waals surface area contributed by atoms with Crippen LogP contribution in [-0.2, 0) is 23.4 Å². The van der Waals surface area contributed by atoms with E-state index >= 15 is 0 Å². The summed E-state index contributed by atoms with van der Waals surface area (Å²) in [6, 6.07) is 14.8. The number of carbonyl (C=O) groups is 3. The minimum Gasteiger partial charge on any atom is -0.497 e. The van der Waals surface area contributed by atoms with Gasteiger partial charge in [0.15, 0.2) is 0 Å². The highest BCUT2D eigenvalue weighted by atomic mass is 31.2. The molecule has 2 heterocycles. The van der Waals surface area contributed by atoms with Crippen LogP contribution in [-0.4, -0.2) is 82.5 Å². The zero-order chi connectivity index (χ0) is 38.8. The highest BCUT2D eigenvalue weighted by Gasteiger charge is 2.67. The predicted octanol–water partition coefficient (Wildman–Crippen LogP) is 6.58. The molecule has 54 heavy (non-hydrogen) atoms. The Hall–Kier alpha value is -4.45. The number of hydrogen-bond donors (Lipinski definition) is 3. The lowest BCUT2D eigenvalue weighted by Crippen LogP contribution is -2.58. The van der Waals surface area contributed by atoms with E-state index in [9.17, 15) is 23.8 Å². The van der Waals surface area contributed by atoms with Crippen molar-refractivity contribution in [3.8, 4) is 22.8 Å². The second kappa shape index (κ2) is 15.7. The largest absolute Gasteiger partial charge is 0.497 e. The Morgan fingerprint density at radius 3 is 2.46 bits per heavy atom. The van der Waals surface area contributed by atoms with Gasteiger partial charge in [-0.1, -0.05) is 57.2 Å². The van der Waals surface area contributed by atoms with Gasteiger partial charge in [0.2, 0.25) is 11.8 Å². The number of pyridine rings is 1. The molecule has 6 rings (SSSR count). The van der Waals surface area contributed by atoms with E-state index in [1.54, 1.807) is 20.1 Å². The first-order valence-corrected chi connectivity index (χ1v) is 20.2. The summed E-state index contributed by atoms with van der Waals surface area (Å²) in [6.45, 7) is 10.8. The van der Waals surface area contributed by atoms with Gasteiger partial charge < -0.3 is 39.2 Å². The molecule has 0 radical (unpaired) electrons. The van der Waals surface area contributed by atoms with Crippen molar-refractivity contribution in [2.45, 2.75) is 95.8 Å². The maximum Gasteiger partial charge on any atom is 0.408 e. The molecule has 0 spiro atoms. The molecule has 3 fully saturated rings. The lowest BCUT2D eigenvalue weighted by molar-refractivity contribution is -0.142. The number of likely N-dealkylation sites (tertiary alicyclic amines) is 1. The molecule has 2 saturated carbocycles. The van der Waals surface area contributed by atoms with Crippen LogP contribution in [0.5, 0.6) is 11.5 Å². The minimum absolute atomic E-state index is 0.0103. The molecule has 14 heteroatoms. The van der Waals surface area contributed by atoms with Gasteiger partial charge in [-0.05, 0) is 56.6 Å². The fourth-order valence-corrected chi connectivity index (χ4v) is 9.30. The Bertz CT molecular complexity index is 1930. The number of fused-ring (bicyclic) bond motifs is 1. The summed E-state index contributed by atoms with van der Waals surface area (Å²) in [7, 11) is -2.76. The van der Waals surface area contributed by atoms with E-state index in [2.05, 4.69) is 17.2 Å². The summed E-state index contributed by atoms with van der Waals surface area (Å²) in [5, 5.41) is 4.74. The van der Waals surface area contributed by atoms with E-state index in [4.69, 9.17) is 23.7 Å². The van der Waals surface area contributed by atoms with E-state index in [-0.39, 0.29) is 32.1 Å². The molecule has 1 aliphatic heterocycles. The second-order valence-electron chi connectivity index (χ2n) is 15.4. The standard InChI is InChI=1S/C40H51N4O9P/c1-7-26-23-40(26,54(48,49)51-8-2)43-36(45)33-21-29(24-44(33)37(46)35(39(3,4)5)42-38(47)53-27-16-12-13-17-27)52-34-22-31(25-14-10-9-11-15-25)41-32-20-28(50-6)18-19-30(32)34/h7,9-11,14-15,18-20,22,26-27,29,33,35H,1,8,12-13,16-17,21,23-24H2,2-6H3,(H,42,47)(H,43,45)(H,48,49)/t26?,29-,33+,35-,40+/m1/s1. The molecule has 0 bridgehead atoms. The number of benzene rings is 2. The number of rotatable bonds is 13. The zero-order valence-electron chi connectivity index (χ0n) is 31.6. The van der Waals surface area contributed by atoms with Gasteiger partial charge in [-0.2, -0.15) is 0 Å². The van der Waals surface area contributed by atoms with Crippen LogP contribution >= 0.6 is 7.60 Å². The van der Waals surface area contributed by atoms with Crippen molar-refractivity contribution in [1.82, 2.24) is 20.5 Å². The minimum atomic E-state index is -4.34. The maximum absolute atomic E-state index is 14.7. The first kappa shape index (κ1) is 39.2. The molecule has 1 saturated heterocycles. The van der Waals surface area contributed by atoms with Gasteiger partial charge in [-0.25, -0.2) is 9.78 Å². The number of ether oxygens (including phenoxy) is 3. The Kier molecular flexibility index (Phi) is 11.4. The number of hydrogen-bond acceptors (Lipinski definition) is 9. The number of amides is 3. The highest BCUT2D eigenvalue weighted by Crippen LogP contribution is 2.70. The molecule has 6 atom stereocenters. The van der Waals surface area contributed by atoms with Gasteiger partial charge in [0.25, 0.3) is 0 Å². The van der Waals surface area contributed by atoms with Crippen LogP contribution in [0.25, 0.3) is 22.2 Å². The Labute approximate surface area is 316 Å². The second-order valence-corrected chi connectivity index (χ2v) is 17.5. The summed E-state index contributed by atoms with van der Waals surface area (Å²) in [6.07, 6.45) is 3.60. The fraction of sp³-hybridized carbons (Fsp3) is 0.500. The van der Waals surface area contributed by atoms with Crippen LogP contribution in [0.1, 0.15) is 66.2 Å². The van der Waals surface area contributed by atoms with Gasteiger partial charge >= 0.3 is 13.7 Å². The molecule has 290 valence electrons. The van der Waals surface area contributed by atoms with E-state index in [0.29, 0.717) is 28.1 Å². The highest BCUT2D eigenvalue weighted by molar-refractivity contribution is 7.55. The van der Waals surface area contributed by atoms with Gasteiger partial charge in [0.1, 0.15) is 41.1 Å². The maximum atomic E-state index is 14.7. The first-order chi connectivity index (χ1) is 25.7. The van der Waals surface area contributed by atoms with Crippen molar-refractivity contribution in [1.29, 1.82) is 0 Å². The van der Waals surface area contributed by atoms with E-state index in [0.717, 1.165) is 31.2 Å². The number of aromatic nitrogens is 1. The smallest absolute Gasteiger partial charge is 0.408 e. The summed E-state index contributed by atoms with van der Waals surface area (Å²) < 4.78 is 36.6. The molecular weight excluding hydrogens is 711 g/mol. The van der Waals surface area contributed by atoms with E-state index in [1.807, 2.05) is 69.3 Å². The number of carbonyl (C=O) groups excluding carboxylic acids is 3. The summed E-state index contributed by atoms with van der Waals surface area (Å²) in [4.78, 5) is 59.4. The van der Waals surface area contributed by atoms with E-state index < -0.39 is 60.3 Å². The van der Waals surface area contributed by atoms with Crippen molar-refractivity contribution in [2.75, 3.05) is 20.3 Å². The molecular formula is C40H51N4O9P. The van der Waals surface area contributed by atoms with Gasteiger partial charge in [0, 0.05) is 35.4 Å². The monoisotopic (exact) mass is 762 g/mol. The average Bonchev–Trinajstić information content (AvgIpc) is 3.41. The van der Waals surface area contributed by atoms with Crippen molar-refractivity contribution < 1.29 is 42.6 Å². The van der Waals surface area contributed by atoms with Crippen LogP contribution in [0.2, 0.25) is 0 Å². The number of nitrogens with zero attached hydrogens (tertiary/aromatic N) is 2. The number of methoxy groups -OCH3 is 1. The van der Waals surface area contributed by atoms with Crippen molar-refractivity contribution >= 4 is 36.4 Å². The topological polar surface area (TPSA) is 166 Å². The normalized spacial score (nSPS) is 24.3. The molecule has 13 nitrogen and oxygen atoms in total. The van der Waals surface area contributed by atoms with Crippen LogP contribution in [0.3, 0.4) is 0 Å². The predicted molar refractivity (Wildman–Crippen MR) is 204 cm³/mol. The van der Waals surface area contributed by atoms with Crippen molar-refractivity contribution in [3.05, 3.63) is 67.3 Å². The van der Waals surface area contributed by atoms with Gasteiger partial charge in [-0.15, -0.1) is 6.58 Å². The Morgan fingerprint density at radius 1 is 1.11 bits per heavy atom. The lowest BCUT2D eigenvalue weighted by atomic mass is 9.85. The molecule has 3 amide bonds. The molecule has 3 aromatic rings. The SMILES string of the molecule is C=CC1C[C@]1(NC(=O)[C@@H]1C[C@@H](Oc2cc(-c3ccccc3)nc3cc(OC)ccc23)CN1C(=O)[C@@H](NC(=O)OC1CCCC1)C(C)(C)C)P(=O)(O)OCC. The molecule has 2 unspecified atom stereocenters. The lowest BCUT2D eigenvalue weighted by Gasteiger charge is -2.35. The van der Waals surface area contributed by atoms with Gasteiger partial charge in [-0.3, -0.25) is 14.2 Å². The third kappa shape index (κ3) is 8.13. The number of nitrogens with one attached hydrogen (secondary N) is 2. The molecule has 3 N–H and O–H groups in total. The Morgan fingerprint density at radius 2 is 1.83 bits per heavy atom. The molecule has 3 aliphatic rings. The van der Waals surface area contributed by atoms with Gasteiger partial charge in [0.05, 0.1) is 31.5 Å². The third-order valence-corrected chi connectivity index (χ3v) is 12.8. The summed E-state index contributed by atoms with van der Waals surface area (Å²) in [5.41, 5.74) is 1.37. The average molecular weight is 763 g/mol. The molecule has 1 aromatic heterocycles.